The average Bonchev–Trinajstić information content (AvgIpc) is 3.04. The summed E-state index contributed by atoms with van der Waals surface area (Å²) in [6, 6.07) is 0.278. The van der Waals surface area contributed by atoms with E-state index in [1.165, 1.54) is 25.9 Å². The molecule has 1 aliphatic rings. The number of hydrogen-bond donors (Lipinski definition) is 1. The first-order valence-electron chi connectivity index (χ1n) is 6.73. The third-order valence-electron chi connectivity index (χ3n) is 3.66. The van der Waals surface area contributed by atoms with Gasteiger partial charge in [-0.25, -0.2) is 17.5 Å². The van der Waals surface area contributed by atoms with E-state index in [0.29, 0.717) is 19.4 Å². The highest BCUT2D eigenvalue weighted by Crippen LogP contribution is 2.26. The molecule has 8 nitrogen and oxygen atoms in total. The lowest BCUT2D eigenvalue weighted by Gasteiger charge is -2.20. The summed E-state index contributed by atoms with van der Waals surface area (Å²) < 4.78 is 30.2. The Morgan fingerprint density at radius 3 is 2.59 bits per heavy atom. The Kier molecular flexibility index (Phi) is 4.30. The van der Waals surface area contributed by atoms with Crippen molar-refractivity contribution in [2.75, 3.05) is 20.6 Å². The minimum absolute atomic E-state index is 0.0774. The van der Waals surface area contributed by atoms with Crippen molar-refractivity contribution in [2.45, 2.75) is 30.9 Å². The molecule has 122 valence electrons. The Labute approximate surface area is 128 Å². The van der Waals surface area contributed by atoms with Crippen LogP contribution in [0.15, 0.2) is 15.6 Å². The minimum Gasteiger partial charge on any atom is -0.480 e. The molecule has 22 heavy (non-hydrogen) atoms. The quantitative estimate of drug-likeness (QED) is 0.862. The molecular formula is C13H18N2O6S. The maximum Gasteiger partial charge on any atom is 0.326 e. The highest BCUT2D eigenvalue weighted by molar-refractivity contribution is 7.88. The Bertz CT molecular complexity index is 706. The van der Waals surface area contributed by atoms with Gasteiger partial charge in [-0.2, -0.15) is 0 Å². The van der Waals surface area contributed by atoms with Crippen molar-refractivity contribution in [1.29, 1.82) is 0 Å². The van der Waals surface area contributed by atoms with Gasteiger partial charge in [0.1, 0.15) is 11.8 Å². The molecule has 2 rings (SSSR count). The molecule has 0 bridgehead atoms. The van der Waals surface area contributed by atoms with Gasteiger partial charge in [-0.05, 0) is 19.8 Å². The second kappa shape index (κ2) is 5.73. The van der Waals surface area contributed by atoms with Crippen molar-refractivity contribution in [3.63, 3.8) is 0 Å². The third kappa shape index (κ3) is 2.73. The second-order valence-electron chi connectivity index (χ2n) is 5.32. The van der Waals surface area contributed by atoms with E-state index < -0.39 is 27.9 Å². The number of aryl methyl sites for hydroxylation is 1. The fourth-order valence-corrected chi connectivity index (χ4v) is 3.25. The number of furan rings is 1. The van der Waals surface area contributed by atoms with Crippen LogP contribution in [0.5, 0.6) is 0 Å². The zero-order valence-corrected chi connectivity index (χ0v) is 13.4. The smallest absolute Gasteiger partial charge is 0.326 e. The van der Waals surface area contributed by atoms with E-state index in [0.717, 1.165) is 10.4 Å². The van der Waals surface area contributed by atoms with Gasteiger partial charge in [0.15, 0.2) is 0 Å². The van der Waals surface area contributed by atoms with E-state index in [4.69, 9.17) is 9.52 Å². The summed E-state index contributed by atoms with van der Waals surface area (Å²) in [7, 11) is -1.07. The topological polar surface area (TPSA) is 108 Å². The van der Waals surface area contributed by atoms with Crippen molar-refractivity contribution in [1.82, 2.24) is 9.21 Å². The molecule has 1 aliphatic heterocycles. The summed E-state index contributed by atoms with van der Waals surface area (Å²) in [6.45, 7) is 1.81. The van der Waals surface area contributed by atoms with Gasteiger partial charge < -0.3 is 14.4 Å². The standard InChI is InChI=1S/C13H18N2O6S/c1-8-9(7-11(21-8)22(19,20)14(2)3)12(16)15-6-4-5-10(15)13(17)18/h7,10H,4-6H2,1-3H3,(H,17,18)/t10-/m1/s1. The van der Waals surface area contributed by atoms with E-state index in [1.54, 1.807) is 0 Å². The van der Waals surface area contributed by atoms with E-state index in [1.807, 2.05) is 0 Å². The zero-order valence-electron chi connectivity index (χ0n) is 12.6. The van der Waals surface area contributed by atoms with Gasteiger partial charge in [-0.1, -0.05) is 0 Å². The summed E-state index contributed by atoms with van der Waals surface area (Å²) in [5, 5.41) is 8.81. The van der Waals surface area contributed by atoms with E-state index in [-0.39, 0.29) is 16.4 Å². The van der Waals surface area contributed by atoms with Crippen molar-refractivity contribution in [3.05, 3.63) is 17.4 Å². The lowest BCUT2D eigenvalue weighted by molar-refractivity contribution is -0.141. The lowest BCUT2D eigenvalue weighted by Crippen LogP contribution is -2.40. The molecule has 9 heteroatoms. The molecule has 1 aromatic rings. The number of nitrogens with zero attached hydrogens (tertiary/aromatic N) is 2. The molecule has 0 saturated carbocycles. The Morgan fingerprint density at radius 1 is 1.41 bits per heavy atom. The maximum atomic E-state index is 12.5. The number of likely N-dealkylation sites (tertiary alicyclic amines) is 1. The predicted molar refractivity (Wildman–Crippen MR) is 76.0 cm³/mol. The normalized spacial score (nSPS) is 18.9. The summed E-state index contributed by atoms with van der Waals surface area (Å²) in [5.74, 6) is -1.43. The van der Waals surface area contributed by atoms with Crippen LogP contribution in [0.2, 0.25) is 0 Å². The first-order chi connectivity index (χ1) is 10.2. The molecule has 0 aromatic carbocycles. The molecule has 2 heterocycles. The van der Waals surface area contributed by atoms with Gasteiger partial charge in [0, 0.05) is 26.7 Å². The van der Waals surface area contributed by atoms with Crippen molar-refractivity contribution < 1.29 is 27.5 Å². The van der Waals surface area contributed by atoms with Crippen LogP contribution in [-0.4, -0.2) is 61.3 Å². The molecule has 0 unspecified atom stereocenters. The van der Waals surface area contributed by atoms with Gasteiger partial charge in [0.2, 0.25) is 5.09 Å². The number of aliphatic carboxylic acids is 1. The third-order valence-corrected chi connectivity index (χ3v) is 5.33. The van der Waals surface area contributed by atoms with E-state index in [9.17, 15) is 18.0 Å². The molecule has 1 aromatic heterocycles. The molecule has 1 fully saturated rings. The van der Waals surface area contributed by atoms with E-state index >= 15 is 0 Å². The van der Waals surface area contributed by atoms with Crippen LogP contribution in [0, 0.1) is 6.92 Å². The zero-order chi connectivity index (χ0) is 16.7. The van der Waals surface area contributed by atoms with Gasteiger partial charge in [-0.3, -0.25) is 4.79 Å². The minimum atomic E-state index is -3.79. The van der Waals surface area contributed by atoms with Gasteiger partial charge in [0.05, 0.1) is 5.56 Å². The SMILES string of the molecule is Cc1oc(S(=O)(=O)N(C)C)cc1C(=O)N1CCC[C@@H]1C(=O)O. The van der Waals surface area contributed by atoms with Crippen LogP contribution in [0.1, 0.15) is 29.0 Å². The molecule has 1 saturated heterocycles. The lowest BCUT2D eigenvalue weighted by atomic mass is 10.2. The van der Waals surface area contributed by atoms with Gasteiger partial charge in [0.25, 0.3) is 15.9 Å². The fourth-order valence-electron chi connectivity index (χ4n) is 2.40. The van der Waals surface area contributed by atoms with Crippen LogP contribution < -0.4 is 0 Å². The summed E-state index contributed by atoms with van der Waals surface area (Å²) in [6.07, 6.45) is 0.989. The monoisotopic (exact) mass is 330 g/mol. The molecular weight excluding hydrogens is 312 g/mol. The van der Waals surface area contributed by atoms with Crippen molar-refractivity contribution >= 4 is 21.9 Å². The number of carbonyl (C=O) groups excluding carboxylic acids is 1. The Morgan fingerprint density at radius 2 is 2.05 bits per heavy atom. The molecule has 0 radical (unpaired) electrons. The molecule has 0 aliphatic carbocycles. The van der Waals surface area contributed by atoms with Crippen LogP contribution in [-0.2, 0) is 14.8 Å². The first kappa shape index (κ1) is 16.5. The number of rotatable bonds is 4. The maximum absolute atomic E-state index is 12.5. The van der Waals surface area contributed by atoms with Crippen molar-refractivity contribution in [3.8, 4) is 0 Å². The number of hydrogen-bond acceptors (Lipinski definition) is 5. The fraction of sp³-hybridized carbons (Fsp3) is 0.538. The van der Waals surface area contributed by atoms with Gasteiger partial charge in [-0.15, -0.1) is 0 Å². The van der Waals surface area contributed by atoms with Crippen LogP contribution in [0.3, 0.4) is 0 Å². The predicted octanol–water partition coefficient (Wildman–Crippen LogP) is 0.528. The molecule has 1 N–H and O–H groups in total. The number of carboxylic acid groups (broad SMARTS) is 1. The highest BCUT2D eigenvalue weighted by atomic mass is 32.2. The van der Waals surface area contributed by atoms with Crippen LogP contribution >= 0.6 is 0 Å². The summed E-state index contributed by atoms with van der Waals surface area (Å²) in [4.78, 5) is 24.9. The average molecular weight is 330 g/mol. The Hall–Kier alpha value is -1.87. The number of sulfonamides is 1. The van der Waals surface area contributed by atoms with E-state index in [2.05, 4.69) is 0 Å². The highest BCUT2D eigenvalue weighted by Gasteiger charge is 2.36. The van der Waals surface area contributed by atoms with Gasteiger partial charge >= 0.3 is 5.97 Å². The van der Waals surface area contributed by atoms with Crippen LogP contribution in [0.4, 0.5) is 0 Å². The first-order valence-corrected chi connectivity index (χ1v) is 8.17. The number of carbonyl (C=O) groups is 2. The second-order valence-corrected chi connectivity index (χ2v) is 7.40. The molecule has 1 amide bonds. The largest absolute Gasteiger partial charge is 0.480 e. The summed E-state index contributed by atoms with van der Waals surface area (Å²) in [5.41, 5.74) is 0.0774. The van der Waals surface area contributed by atoms with Crippen LogP contribution in [0.25, 0.3) is 0 Å². The molecule has 1 atom stereocenters. The number of carboxylic acids is 1. The number of amides is 1. The summed E-state index contributed by atoms with van der Waals surface area (Å²) >= 11 is 0. The van der Waals surface area contributed by atoms with Crippen molar-refractivity contribution in [2.24, 2.45) is 0 Å². The Balaban J connectivity index is 2.36. The molecule has 0 spiro atoms.